The van der Waals surface area contributed by atoms with Crippen LogP contribution in [0.15, 0.2) is 48.9 Å². The Labute approximate surface area is 142 Å². The molecule has 0 atom stereocenters. The summed E-state index contributed by atoms with van der Waals surface area (Å²) < 4.78 is 5.93. The van der Waals surface area contributed by atoms with Crippen molar-refractivity contribution >= 4 is 16.6 Å². The van der Waals surface area contributed by atoms with Crippen molar-refractivity contribution in [3.63, 3.8) is 0 Å². The molecule has 0 radical (unpaired) electrons. The first-order valence-corrected chi connectivity index (χ1v) is 8.47. The minimum atomic E-state index is 0.520. The molecule has 3 aromatic rings. The predicted octanol–water partition coefficient (Wildman–Crippen LogP) is 4.12. The second-order valence-corrected chi connectivity index (χ2v) is 6.36. The van der Waals surface area contributed by atoms with Gasteiger partial charge in [-0.1, -0.05) is 0 Å². The first-order valence-electron chi connectivity index (χ1n) is 8.47. The summed E-state index contributed by atoms with van der Waals surface area (Å²) in [6.45, 7) is 4.83. The van der Waals surface area contributed by atoms with Crippen LogP contribution in [0.2, 0.25) is 0 Å². The van der Waals surface area contributed by atoms with Gasteiger partial charge in [0.2, 0.25) is 0 Å². The molecule has 1 fully saturated rings. The van der Waals surface area contributed by atoms with Crippen molar-refractivity contribution in [3.05, 3.63) is 60.0 Å². The van der Waals surface area contributed by atoms with Gasteiger partial charge < -0.3 is 9.64 Å². The maximum absolute atomic E-state index is 5.93. The lowest BCUT2D eigenvalue weighted by Gasteiger charge is -2.19. The Morgan fingerprint density at radius 3 is 2.79 bits per heavy atom. The van der Waals surface area contributed by atoms with E-state index in [4.69, 9.17) is 4.74 Å². The summed E-state index contributed by atoms with van der Waals surface area (Å²) in [6, 6.07) is 10.4. The molecule has 24 heavy (non-hydrogen) atoms. The monoisotopic (exact) mass is 319 g/mol. The molecule has 0 spiro atoms. The molecule has 1 aliphatic heterocycles. The Bertz CT molecular complexity index is 856. The Morgan fingerprint density at radius 2 is 1.96 bits per heavy atom. The average molecular weight is 319 g/mol. The first-order chi connectivity index (χ1) is 11.8. The molecule has 0 amide bonds. The third-order valence-corrected chi connectivity index (χ3v) is 4.48. The Kier molecular flexibility index (Phi) is 4.03. The normalized spacial score (nSPS) is 14.3. The summed E-state index contributed by atoms with van der Waals surface area (Å²) >= 11 is 0. The highest BCUT2D eigenvalue weighted by Crippen LogP contribution is 2.30. The number of rotatable bonds is 4. The number of pyridine rings is 2. The fraction of sp³-hybridized carbons (Fsp3) is 0.300. The van der Waals surface area contributed by atoms with E-state index in [0.29, 0.717) is 6.61 Å². The molecular formula is C20H21N3O. The number of fused-ring (bicyclic) bond motifs is 1. The van der Waals surface area contributed by atoms with Crippen LogP contribution in [0, 0.1) is 6.92 Å². The number of anilines is 1. The van der Waals surface area contributed by atoms with Crippen molar-refractivity contribution in [1.82, 2.24) is 9.97 Å². The average Bonchev–Trinajstić information content (AvgIpc) is 3.14. The second kappa shape index (κ2) is 6.48. The van der Waals surface area contributed by atoms with Crippen molar-refractivity contribution in [2.45, 2.75) is 26.4 Å². The van der Waals surface area contributed by atoms with Crippen molar-refractivity contribution in [2.75, 3.05) is 18.0 Å². The van der Waals surface area contributed by atoms with Gasteiger partial charge in [0.05, 0.1) is 5.52 Å². The van der Waals surface area contributed by atoms with Gasteiger partial charge >= 0.3 is 0 Å². The molecule has 0 aliphatic carbocycles. The van der Waals surface area contributed by atoms with E-state index in [1.54, 1.807) is 0 Å². The number of hydrogen-bond donors (Lipinski definition) is 0. The van der Waals surface area contributed by atoms with Gasteiger partial charge in [0.15, 0.2) is 0 Å². The summed E-state index contributed by atoms with van der Waals surface area (Å²) in [5, 5.41) is 1.20. The number of aromatic nitrogens is 2. The molecule has 1 aliphatic rings. The lowest BCUT2D eigenvalue weighted by Crippen LogP contribution is -2.17. The Morgan fingerprint density at radius 1 is 1.08 bits per heavy atom. The van der Waals surface area contributed by atoms with Gasteiger partial charge in [0.1, 0.15) is 12.4 Å². The number of nitrogens with zero attached hydrogens (tertiary/aromatic N) is 3. The molecule has 4 rings (SSSR count). The summed E-state index contributed by atoms with van der Waals surface area (Å²) in [5.41, 5.74) is 4.49. The molecule has 0 bridgehead atoms. The van der Waals surface area contributed by atoms with Gasteiger partial charge in [-0.15, -0.1) is 0 Å². The van der Waals surface area contributed by atoms with Crippen LogP contribution >= 0.6 is 0 Å². The summed E-state index contributed by atoms with van der Waals surface area (Å²) in [4.78, 5) is 11.2. The molecule has 2 aromatic heterocycles. The molecule has 4 heteroatoms. The van der Waals surface area contributed by atoms with Gasteiger partial charge in [-0.05, 0) is 49.6 Å². The molecule has 1 saturated heterocycles. The maximum atomic E-state index is 5.93. The number of ether oxygens (including phenoxy) is 1. The molecule has 0 saturated carbocycles. The fourth-order valence-corrected chi connectivity index (χ4v) is 3.30. The van der Waals surface area contributed by atoms with Crippen LogP contribution in [0.3, 0.4) is 0 Å². The molecule has 1 aromatic carbocycles. The number of hydrogen-bond acceptors (Lipinski definition) is 4. The van der Waals surface area contributed by atoms with Crippen LogP contribution < -0.4 is 9.64 Å². The molecule has 0 unspecified atom stereocenters. The highest BCUT2D eigenvalue weighted by Gasteiger charge is 2.15. The topological polar surface area (TPSA) is 38.2 Å². The minimum Gasteiger partial charge on any atom is -0.489 e. The van der Waals surface area contributed by atoms with E-state index in [1.807, 2.05) is 37.6 Å². The van der Waals surface area contributed by atoms with Crippen LogP contribution in [-0.2, 0) is 6.61 Å². The Hall–Kier alpha value is -2.62. The number of aryl methyl sites for hydroxylation is 1. The third kappa shape index (κ3) is 3.04. The lowest BCUT2D eigenvalue weighted by molar-refractivity contribution is 0.306. The maximum Gasteiger partial charge on any atom is 0.122 e. The zero-order chi connectivity index (χ0) is 16.4. The van der Waals surface area contributed by atoms with E-state index in [9.17, 15) is 0 Å². The summed E-state index contributed by atoms with van der Waals surface area (Å²) in [7, 11) is 0. The van der Waals surface area contributed by atoms with Crippen molar-refractivity contribution < 1.29 is 4.74 Å². The molecule has 122 valence electrons. The number of benzene rings is 1. The van der Waals surface area contributed by atoms with Gasteiger partial charge in [0, 0.05) is 54.4 Å². The van der Waals surface area contributed by atoms with E-state index < -0.39 is 0 Å². The minimum absolute atomic E-state index is 0.520. The van der Waals surface area contributed by atoms with E-state index in [0.717, 1.165) is 35.5 Å². The van der Waals surface area contributed by atoms with E-state index in [2.05, 4.69) is 33.1 Å². The van der Waals surface area contributed by atoms with Gasteiger partial charge in [-0.25, -0.2) is 0 Å². The zero-order valence-electron chi connectivity index (χ0n) is 13.9. The lowest BCUT2D eigenvalue weighted by atomic mass is 10.1. The van der Waals surface area contributed by atoms with Gasteiger partial charge in [-0.3, -0.25) is 9.97 Å². The van der Waals surface area contributed by atoms with Gasteiger partial charge in [-0.2, -0.15) is 0 Å². The summed E-state index contributed by atoms with van der Waals surface area (Å²) in [6.07, 6.45) is 8.14. The van der Waals surface area contributed by atoms with E-state index in [1.165, 1.54) is 23.9 Å². The smallest absolute Gasteiger partial charge is 0.122 e. The highest BCUT2D eigenvalue weighted by molar-refractivity contribution is 5.92. The largest absolute Gasteiger partial charge is 0.489 e. The Balaban J connectivity index is 1.57. The first kappa shape index (κ1) is 14.9. The van der Waals surface area contributed by atoms with Crippen molar-refractivity contribution in [2.24, 2.45) is 0 Å². The fourth-order valence-electron chi connectivity index (χ4n) is 3.30. The van der Waals surface area contributed by atoms with Crippen molar-refractivity contribution in [1.29, 1.82) is 0 Å². The molecular weight excluding hydrogens is 298 g/mol. The SMILES string of the molecule is Cc1cncc(COc2ccc3c(N4CCCC4)ccnc3c2)c1. The highest BCUT2D eigenvalue weighted by atomic mass is 16.5. The summed E-state index contributed by atoms with van der Waals surface area (Å²) in [5.74, 6) is 0.843. The van der Waals surface area contributed by atoms with Crippen LogP contribution in [0.4, 0.5) is 5.69 Å². The van der Waals surface area contributed by atoms with Crippen molar-refractivity contribution in [3.8, 4) is 5.75 Å². The molecule has 4 nitrogen and oxygen atoms in total. The standard InChI is InChI=1S/C20H21N3O/c1-15-10-16(13-21-12-15)14-24-17-4-5-18-19(11-17)22-7-6-20(18)23-8-2-3-9-23/h4-7,10-13H,2-3,8-9,14H2,1H3. The van der Waals surface area contributed by atoms with Crippen LogP contribution in [0.25, 0.3) is 10.9 Å². The van der Waals surface area contributed by atoms with Crippen LogP contribution in [0.1, 0.15) is 24.0 Å². The van der Waals surface area contributed by atoms with Crippen LogP contribution in [-0.4, -0.2) is 23.1 Å². The molecule has 0 N–H and O–H groups in total. The van der Waals surface area contributed by atoms with E-state index >= 15 is 0 Å². The predicted molar refractivity (Wildman–Crippen MR) is 96.5 cm³/mol. The zero-order valence-corrected chi connectivity index (χ0v) is 13.9. The van der Waals surface area contributed by atoms with Crippen LogP contribution in [0.5, 0.6) is 5.75 Å². The van der Waals surface area contributed by atoms with E-state index in [-0.39, 0.29) is 0 Å². The quantitative estimate of drug-likeness (QED) is 0.725. The molecule has 3 heterocycles. The van der Waals surface area contributed by atoms with Gasteiger partial charge in [0.25, 0.3) is 0 Å². The third-order valence-electron chi connectivity index (χ3n) is 4.48. The second-order valence-electron chi connectivity index (χ2n) is 6.36.